The van der Waals surface area contributed by atoms with Gasteiger partial charge in [0, 0.05) is 20.6 Å². The molecule has 1 aromatic heterocycles. The van der Waals surface area contributed by atoms with Crippen molar-refractivity contribution in [2.24, 2.45) is 0 Å². The molecule has 0 bridgehead atoms. The van der Waals surface area contributed by atoms with E-state index in [1.54, 1.807) is 29.9 Å². The molecule has 1 amide bonds. The highest BCUT2D eigenvalue weighted by Crippen LogP contribution is 2.08. The third kappa shape index (κ3) is 3.61. The Morgan fingerprint density at radius 3 is 2.87 bits per heavy atom. The van der Waals surface area contributed by atoms with Crippen molar-refractivity contribution in [1.82, 2.24) is 14.7 Å². The van der Waals surface area contributed by atoms with Crippen LogP contribution in [0.25, 0.3) is 0 Å². The van der Waals surface area contributed by atoms with Gasteiger partial charge in [0.15, 0.2) is 5.75 Å². The van der Waals surface area contributed by atoms with Crippen LogP contribution in [0.15, 0.2) is 12.4 Å². The van der Waals surface area contributed by atoms with Crippen molar-refractivity contribution in [3.05, 3.63) is 12.4 Å². The SMILES string of the molecule is CCn1cc(OCCC(=O)N(C)C)cn1. The first-order chi connectivity index (χ1) is 7.13. The van der Waals surface area contributed by atoms with Crippen LogP contribution in [0.4, 0.5) is 0 Å². The summed E-state index contributed by atoms with van der Waals surface area (Å²) in [6.07, 6.45) is 3.87. The minimum atomic E-state index is 0.0675. The van der Waals surface area contributed by atoms with Gasteiger partial charge >= 0.3 is 0 Å². The van der Waals surface area contributed by atoms with Gasteiger partial charge in [-0.25, -0.2) is 0 Å². The average molecular weight is 211 g/mol. The maximum Gasteiger partial charge on any atom is 0.225 e. The summed E-state index contributed by atoms with van der Waals surface area (Å²) in [5.74, 6) is 0.779. The first-order valence-electron chi connectivity index (χ1n) is 4.99. The normalized spacial score (nSPS) is 10.1. The summed E-state index contributed by atoms with van der Waals surface area (Å²) in [6.45, 7) is 3.22. The van der Waals surface area contributed by atoms with Crippen molar-refractivity contribution in [2.45, 2.75) is 19.9 Å². The van der Waals surface area contributed by atoms with Gasteiger partial charge in [0.1, 0.15) is 0 Å². The maximum absolute atomic E-state index is 11.2. The fraction of sp³-hybridized carbons (Fsp3) is 0.600. The summed E-state index contributed by atoms with van der Waals surface area (Å²) in [5.41, 5.74) is 0. The molecule has 1 rings (SSSR count). The Labute approximate surface area is 89.6 Å². The molecule has 1 heterocycles. The lowest BCUT2D eigenvalue weighted by molar-refractivity contribution is -0.129. The molecule has 1 aromatic rings. The average Bonchev–Trinajstić information content (AvgIpc) is 2.65. The molecular formula is C10H17N3O2. The molecule has 0 N–H and O–H groups in total. The summed E-state index contributed by atoms with van der Waals surface area (Å²) in [4.78, 5) is 12.8. The van der Waals surface area contributed by atoms with Gasteiger partial charge in [-0.2, -0.15) is 5.10 Å². The van der Waals surface area contributed by atoms with Crippen LogP contribution in [0, 0.1) is 0 Å². The van der Waals surface area contributed by atoms with Gasteiger partial charge in [-0.05, 0) is 6.92 Å². The van der Waals surface area contributed by atoms with Crippen molar-refractivity contribution >= 4 is 5.91 Å². The van der Waals surface area contributed by atoms with Crippen molar-refractivity contribution in [3.63, 3.8) is 0 Å². The summed E-state index contributed by atoms with van der Waals surface area (Å²) >= 11 is 0. The Balaban J connectivity index is 2.28. The number of carbonyl (C=O) groups is 1. The topological polar surface area (TPSA) is 47.4 Å². The molecule has 0 radical (unpaired) electrons. The molecule has 0 fully saturated rings. The Hall–Kier alpha value is -1.52. The zero-order valence-corrected chi connectivity index (χ0v) is 9.43. The summed E-state index contributed by atoms with van der Waals surface area (Å²) in [7, 11) is 3.47. The third-order valence-corrected chi connectivity index (χ3v) is 2.02. The monoisotopic (exact) mass is 211 g/mol. The quantitative estimate of drug-likeness (QED) is 0.722. The molecule has 0 aliphatic heterocycles. The van der Waals surface area contributed by atoms with Crippen LogP contribution in [0.5, 0.6) is 5.75 Å². The number of ether oxygens (including phenoxy) is 1. The molecule has 0 saturated carbocycles. The predicted molar refractivity (Wildman–Crippen MR) is 56.7 cm³/mol. The third-order valence-electron chi connectivity index (χ3n) is 2.02. The fourth-order valence-electron chi connectivity index (χ4n) is 1.07. The molecule has 0 unspecified atom stereocenters. The summed E-state index contributed by atoms with van der Waals surface area (Å²) in [6, 6.07) is 0. The van der Waals surface area contributed by atoms with Crippen molar-refractivity contribution in [3.8, 4) is 5.75 Å². The largest absolute Gasteiger partial charge is 0.490 e. The molecule has 0 saturated heterocycles. The van der Waals surface area contributed by atoms with Gasteiger partial charge in [-0.1, -0.05) is 0 Å². The lowest BCUT2D eigenvalue weighted by atomic mass is 10.4. The number of nitrogens with zero attached hydrogens (tertiary/aromatic N) is 3. The second-order valence-corrected chi connectivity index (χ2v) is 3.42. The number of aryl methyl sites for hydroxylation is 1. The number of hydrogen-bond donors (Lipinski definition) is 0. The van der Waals surface area contributed by atoms with E-state index >= 15 is 0 Å². The van der Waals surface area contributed by atoms with Gasteiger partial charge in [0.05, 0.1) is 25.4 Å². The molecule has 0 spiro atoms. The van der Waals surface area contributed by atoms with Gasteiger partial charge in [-0.3, -0.25) is 9.48 Å². The number of hydrogen-bond acceptors (Lipinski definition) is 3. The molecule has 84 valence electrons. The van der Waals surface area contributed by atoms with E-state index in [1.807, 2.05) is 13.1 Å². The van der Waals surface area contributed by atoms with Crippen molar-refractivity contribution < 1.29 is 9.53 Å². The van der Waals surface area contributed by atoms with E-state index in [4.69, 9.17) is 4.74 Å². The fourth-order valence-corrected chi connectivity index (χ4v) is 1.07. The van der Waals surface area contributed by atoms with Crippen LogP contribution in [-0.4, -0.2) is 41.3 Å². The first kappa shape index (κ1) is 11.6. The predicted octanol–water partition coefficient (Wildman–Crippen LogP) is 0.760. The Morgan fingerprint density at radius 1 is 1.60 bits per heavy atom. The van der Waals surface area contributed by atoms with Gasteiger partial charge in [0.25, 0.3) is 0 Å². The lowest BCUT2D eigenvalue weighted by Gasteiger charge is -2.09. The zero-order chi connectivity index (χ0) is 11.3. The van der Waals surface area contributed by atoms with E-state index in [0.29, 0.717) is 18.8 Å². The second kappa shape index (κ2) is 5.38. The molecule has 5 nitrogen and oxygen atoms in total. The minimum absolute atomic E-state index is 0.0675. The molecule has 0 aromatic carbocycles. The van der Waals surface area contributed by atoms with Crippen LogP contribution < -0.4 is 4.74 Å². The van der Waals surface area contributed by atoms with E-state index in [2.05, 4.69) is 5.10 Å². The van der Waals surface area contributed by atoms with Crippen LogP contribution >= 0.6 is 0 Å². The van der Waals surface area contributed by atoms with E-state index in [9.17, 15) is 4.79 Å². The van der Waals surface area contributed by atoms with Crippen molar-refractivity contribution in [1.29, 1.82) is 0 Å². The van der Waals surface area contributed by atoms with Gasteiger partial charge in [0.2, 0.25) is 5.91 Å². The minimum Gasteiger partial charge on any atom is -0.490 e. The second-order valence-electron chi connectivity index (χ2n) is 3.42. The Bertz CT molecular complexity index is 320. The van der Waals surface area contributed by atoms with Crippen LogP contribution in [0.1, 0.15) is 13.3 Å². The number of amides is 1. The maximum atomic E-state index is 11.2. The Morgan fingerprint density at radius 2 is 2.33 bits per heavy atom. The first-order valence-corrected chi connectivity index (χ1v) is 4.99. The molecule has 0 aliphatic carbocycles. The van der Waals surface area contributed by atoms with Crippen LogP contribution in [0.3, 0.4) is 0 Å². The van der Waals surface area contributed by atoms with E-state index in [0.717, 1.165) is 6.54 Å². The lowest BCUT2D eigenvalue weighted by Crippen LogP contribution is -2.23. The number of aromatic nitrogens is 2. The van der Waals surface area contributed by atoms with Gasteiger partial charge in [-0.15, -0.1) is 0 Å². The highest BCUT2D eigenvalue weighted by Gasteiger charge is 2.04. The molecule has 0 atom stereocenters. The van der Waals surface area contributed by atoms with Crippen LogP contribution in [-0.2, 0) is 11.3 Å². The highest BCUT2D eigenvalue weighted by molar-refractivity contribution is 5.75. The number of carbonyl (C=O) groups excluding carboxylic acids is 1. The summed E-state index contributed by atoms with van der Waals surface area (Å²) in [5, 5.41) is 4.06. The van der Waals surface area contributed by atoms with E-state index in [1.165, 1.54) is 0 Å². The standard InChI is InChI=1S/C10H17N3O2/c1-4-13-8-9(7-11-13)15-6-5-10(14)12(2)3/h7-8H,4-6H2,1-3H3. The van der Waals surface area contributed by atoms with Crippen LogP contribution in [0.2, 0.25) is 0 Å². The Kier molecular flexibility index (Phi) is 4.15. The highest BCUT2D eigenvalue weighted by atomic mass is 16.5. The zero-order valence-electron chi connectivity index (χ0n) is 9.43. The molecule has 0 aliphatic rings. The van der Waals surface area contributed by atoms with Crippen molar-refractivity contribution in [2.75, 3.05) is 20.7 Å². The number of rotatable bonds is 5. The molecule has 5 heteroatoms. The molecule has 15 heavy (non-hydrogen) atoms. The van der Waals surface area contributed by atoms with E-state index in [-0.39, 0.29) is 5.91 Å². The van der Waals surface area contributed by atoms with Gasteiger partial charge < -0.3 is 9.64 Å². The molecular weight excluding hydrogens is 194 g/mol. The summed E-state index contributed by atoms with van der Waals surface area (Å²) < 4.78 is 7.16. The smallest absolute Gasteiger partial charge is 0.225 e. The van der Waals surface area contributed by atoms with E-state index < -0.39 is 0 Å².